The monoisotopic (exact) mass is 455 g/mol. The van der Waals surface area contributed by atoms with Gasteiger partial charge in [0.1, 0.15) is 11.8 Å². The summed E-state index contributed by atoms with van der Waals surface area (Å²) >= 11 is 0. The number of amides is 5. The molecule has 0 radical (unpaired) electrons. The molecule has 1 aromatic rings. The maximum absolute atomic E-state index is 13.1. The second-order valence-electron chi connectivity index (χ2n) is 8.86. The zero-order valence-electron chi connectivity index (χ0n) is 17.3. The maximum atomic E-state index is 13.1. The molecule has 2 saturated carbocycles. The van der Waals surface area contributed by atoms with E-state index in [2.05, 4.69) is 10.6 Å². The Hall–Kier alpha value is -3.44. The molecule has 3 fully saturated rings. The predicted octanol–water partition coefficient (Wildman–Crippen LogP) is -1.74. The fourth-order valence-corrected chi connectivity index (χ4v) is 5.46. The van der Waals surface area contributed by atoms with Crippen molar-refractivity contribution < 1.29 is 39.0 Å². The van der Waals surface area contributed by atoms with Crippen LogP contribution in [0.3, 0.4) is 0 Å². The summed E-state index contributed by atoms with van der Waals surface area (Å²) in [5, 5.41) is 24.7. The summed E-state index contributed by atoms with van der Waals surface area (Å²) in [7, 11) is 0. The summed E-state index contributed by atoms with van der Waals surface area (Å²) in [6.45, 7) is -0.106. The third-order valence-electron chi connectivity index (χ3n) is 7.11. The molecule has 172 valence electrons. The van der Waals surface area contributed by atoms with Gasteiger partial charge in [-0.05, 0) is 24.5 Å². The lowest BCUT2D eigenvalue weighted by Gasteiger charge is -2.28. The van der Waals surface area contributed by atoms with Crippen molar-refractivity contribution in [2.45, 2.75) is 44.1 Å². The van der Waals surface area contributed by atoms with Crippen LogP contribution in [-0.4, -0.2) is 68.7 Å². The van der Waals surface area contributed by atoms with E-state index in [-0.39, 0.29) is 42.7 Å². The standard InChI is InChI=1S/C22H21N3O8/c26-13-5-4-12(20(31)24-13)25-21(32)9-3-1-2-8(14(9)22(25)33)7-23-19(30)10-6-11-16(27)15(10)18(29)17(11)28/h1-3,10-12,15,17-18,28-29H,4-7H2,(H,23,30)(H,24,26,31). The number of imide groups is 2. The second-order valence-corrected chi connectivity index (χ2v) is 8.86. The Balaban J connectivity index is 1.33. The number of benzene rings is 1. The quantitative estimate of drug-likeness (QED) is 0.388. The van der Waals surface area contributed by atoms with Crippen LogP contribution >= 0.6 is 0 Å². The van der Waals surface area contributed by atoms with E-state index in [4.69, 9.17) is 0 Å². The first-order valence-electron chi connectivity index (χ1n) is 10.7. The summed E-state index contributed by atoms with van der Waals surface area (Å²) in [6.07, 6.45) is -2.26. The first-order valence-corrected chi connectivity index (χ1v) is 10.7. The molecule has 2 bridgehead atoms. The van der Waals surface area contributed by atoms with E-state index in [1.807, 2.05) is 0 Å². The van der Waals surface area contributed by atoms with Crippen LogP contribution in [-0.2, 0) is 25.7 Å². The normalized spacial score (nSPS) is 32.9. The van der Waals surface area contributed by atoms with Crippen LogP contribution in [0, 0.1) is 17.8 Å². The molecule has 4 N–H and O–H groups in total. The molecule has 5 amide bonds. The fourth-order valence-electron chi connectivity index (χ4n) is 5.46. The molecule has 4 aliphatic rings. The number of Topliss-reactive ketones (excluding diaryl/α,β-unsaturated/α-hetero) is 1. The molecule has 33 heavy (non-hydrogen) atoms. The molecule has 11 nitrogen and oxygen atoms in total. The van der Waals surface area contributed by atoms with Gasteiger partial charge in [-0.1, -0.05) is 12.1 Å². The molecule has 0 spiro atoms. The first kappa shape index (κ1) is 21.4. The number of hydrogen-bond acceptors (Lipinski definition) is 8. The minimum atomic E-state index is -1.28. The number of carbonyl (C=O) groups is 6. The summed E-state index contributed by atoms with van der Waals surface area (Å²) in [6, 6.07) is 3.49. The topological polar surface area (TPSA) is 170 Å². The van der Waals surface area contributed by atoms with Gasteiger partial charge in [-0.25, -0.2) is 0 Å². The van der Waals surface area contributed by atoms with E-state index in [0.717, 1.165) is 4.90 Å². The van der Waals surface area contributed by atoms with Crippen molar-refractivity contribution in [2.75, 3.05) is 0 Å². The summed E-state index contributed by atoms with van der Waals surface area (Å²) < 4.78 is 0. The van der Waals surface area contributed by atoms with Crippen LogP contribution in [0.15, 0.2) is 18.2 Å². The highest BCUT2D eigenvalue weighted by atomic mass is 16.3. The molecule has 6 unspecified atom stereocenters. The largest absolute Gasteiger partial charge is 0.390 e. The smallest absolute Gasteiger partial charge is 0.262 e. The molecule has 6 atom stereocenters. The van der Waals surface area contributed by atoms with Crippen LogP contribution in [0.4, 0.5) is 0 Å². The number of carbonyl (C=O) groups excluding carboxylic acids is 6. The number of hydrogen-bond donors (Lipinski definition) is 4. The average molecular weight is 455 g/mol. The molecular formula is C22H21N3O8. The molecule has 11 heteroatoms. The van der Waals surface area contributed by atoms with Gasteiger partial charge >= 0.3 is 0 Å². The van der Waals surface area contributed by atoms with E-state index in [1.165, 1.54) is 6.07 Å². The molecule has 2 aliphatic carbocycles. The number of nitrogens with one attached hydrogen (secondary N) is 2. The highest BCUT2D eigenvalue weighted by molar-refractivity contribution is 6.24. The summed E-state index contributed by atoms with van der Waals surface area (Å²) in [4.78, 5) is 75.4. The molecule has 2 heterocycles. The summed E-state index contributed by atoms with van der Waals surface area (Å²) in [5.74, 6) is -5.81. The Morgan fingerprint density at radius 3 is 2.52 bits per heavy atom. The van der Waals surface area contributed by atoms with Crippen LogP contribution in [0.1, 0.15) is 45.5 Å². The van der Waals surface area contributed by atoms with Gasteiger partial charge in [-0.2, -0.15) is 0 Å². The number of aliphatic hydroxyl groups excluding tert-OH is 2. The highest BCUT2D eigenvalue weighted by Crippen LogP contribution is 2.46. The Morgan fingerprint density at radius 2 is 1.85 bits per heavy atom. The lowest BCUT2D eigenvalue weighted by molar-refractivity contribution is -0.136. The number of fused-ring (bicyclic) bond motifs is 3. The van der Waals surface area contributed by atoms with Gasteiger partial charge in [0.15, 0.2) is 0 Å². The Morgan fingerprint density at radius 1 is 1.09 bits per heavy atom. The SMILES string of the molecule is O=C1CCC(N2C(=O)c3cccc(CNC(=O)C4CC5C(=O)C4C(O)C5O)c3C2=O)C(=O)N1. The van der Waals surface area contributed by atoms with E-state index in [9.17, 15) is 39.0 Å². The van der Waals surface area contributed by atoms with Gasteiger partial charge < -0.3 is 15.5 Å². The Bertz CT molecular complexity index is 1130. The molecule has 0 aromatic heterocycles. The van der Waals surface area contributed by atoms with E-state index in [1.54, 1.807) is 12.1 Å². The minimum absolute atomic E-state index is 0.00947. The van der Waals surface area contributed by atoms with Crippen molar-refractivity contribution in [3.63, 3.8) is 0 Å². The van der Waals surface area contributed by atoms with Gasteiger partial charge in [0.2, 0.25) is 17.7 Å². The van der Waals surface area contributed by atoms with E-state index < -0.39 is 65.5 Å². The third-order valence-corrected chi connectivity index (χ3v) is 7.11. The van der Waals surface area contributed by atoms with Crippen LogP contribution in [0.25, 0.3) is 0 Å². The van der Waals surface area contributed by atoms with Crippen LogP contribution < -0.4 is 10.6 Å². The summed E-state index contributed by atoms with van der Waals surface area (Å²) in [5.41, 5.74) is 0.543. The number of piperidine rings is 1. The Kier molecular flexibility index (Phi) is 4.91. The van der Waals surface area contributed by atoms with Gasteiger partial charge in [-0.3, -0.25) is 39.0 Å². The predicted molar refractivity (Wildman–Crippen MR) is 107 cm³/mol. The molecular weight excluding hydrogens is 434 g/mol. The molecule has 2 aliphatic heterocycles. The number of rotatable bonds is 4. The molecule has 5 rings (SSSR count). The van der Waals surface area contributed by atoms with Gasteiger partial charge in [0, 0.05) is 18.9 Å². The number of nitrogens with zero attached hydrogens (tertiary/aromatic N) is 1. The number of aliphatic hydroxyl groups is 2. The van der Waals surface area contributed by atoms with Crippen molar-refractivity contribution >= 4 is 35.3 Å². The van der Waals surface area contributed by atoms with E-state index in [0.29, 0.717) is 5.56 Å². The zero-order chi connectivity index (χ0) is 23.6. The van der Waals surface area contributed by atoms with Crippen molar-refractivity contribution in [3.8, 4) is 0 Å². The maximum Gasteiger partial charge on any atom is 0.262 e. The lowest BCUT2D eigenvalue weighted by atomic mass is 9.84. The fraction of sp³-hybridized carbons (Fsp3) is 0.455. The van der Waals surface area contributed by atoms with Crippen molar-refractivity contribution in [1.29, 1.82) is 0 Å². The van der Waals surface area contributed by atoms with Crippen LogP contribution in [0.2, 0.25) is 0 Å². The van der Waals surface area contributed by atoms with Crippen molar-refractivity contribution in [3.05, 3.63) is 34.9 Å². The van der Waals surface area contributed by atoms with Crippen LogP contribution in [0.5, 0.6) is 0 Å². The van der Waals surface area contributed by atoms with Gasteiger partial charge in [0.25, 0.3) is 11.8 Å². The Labute approximate surface area is 187 Å². The van der Waals surface area contributed by atoms with E-state index >= 15 is 0 Å². The zero-order valence-corrected chi connectivity index (χ0v) is 17.3. The molecule has 1 saturated heterocycles. The van der Waals surface area contributed by atoms with Crippen molar-refractivity contribution in [2.24, 2.45) is 17.8 Å². The first-order chi connectivity index (χ1) is 15.7. The van der Waals surface area contributed by atoms with Gasteiger partial charge in [0.05, 0.1) is 35.2 Å². The van der Waals surface area contributed by atoms with Crippen molar-refractivity contribution in [1.82, 2.24) is 15.5 Å². The number of ketones is 1. The lowest BCUT2D eigenvalue weighted by Crippen LogP contribution is -2.54. The second kappa shape index (κ2) is 7.56. The van der Waals surface area contributed by atoms with Gasteiger partial charge in [-0.15, -0.1) is 0 Å². The average Bonchev–Trinajstić information content (AvgIpc) is 3.32. The third kappa shape index (κ3) is 3.10. The minimum Gasteiger partial charge on any atom is -0.390 e. The highest BCUT2D eigenvalue weighted by Gasteiger charge is 2.60. The molecule has 1 aromatic carbocycles.